The van der Waals surface area contributed by atoms with Crippen LogP contribution in [0.5, 0.6) is 0 Å². The Hall–Kier alpha value is -1.66. The molecule has 2 rings (SSSR count). The third-order valence-corrected chi connectivity index (χ3v) is 4.01. The second-order valence-corrected chi connectivity index (χ2v) is 5.90. The van der Waals surface area contributed by atoms with E-state index in [1.165, 1.54) is 4.88 Å². The molecule has 2 aromatic rings. The second kappa shape index (κ2) is 6.67. The molecule has 0 fully saturated rings. The van der Waals surface area contributed by atoms with Crippen molar-refractivity contribution in [3.8, 4) is 0 Å². The second-order valence-electron chi connectivity index (χ2n) is 4.92. The minimum absolute atomic E-state index is 0.255. The smallest absolute Gasteiger partial charge is 0.145 e. The molecule has 0 amide bonds. The number of nitrogens with one attached hydrogen (secondary N) is 2. The summed E-state index contributed by atoms with van der Waals surface area (Å²) in [5.41, 5.74) is 2.60. The summed E-state index contributed by atoms with van der Waals surface area (Å²) in [4.78, 5) is 10.2. The molecule has 0 aliphatic rings. The maximum absolute atomic E-state index is 5.48. The molecule has 5 nitrogen and oxygen atoms in total. The van der Waals surface area contributed by atoms with Gasteiger partial charge in [-0.3, -0.25) is 0 Å². The Kier molecular flexibility index (Phi) is 4.92. The summed E-state index contributed by atoms with van der Waals surface area (Å²) in [5, 5.41) is 5.55. The first-order chi connectivity index (χ1) is 9.63. The molecule has 1 atom stereocenters. The fourth-order valence-corrected chi connectivity index (χ4v) is 2.78. The van der Waals surface area contributed by atoms with Crippen molar-refractivity contribution in [2.24, 2.45) is 5.84 Å². The van der Waals surface area contributed by atoms with E-state index in [0.717, 1.165) is 18.1 Å². The molecule has 4 N–H and O–H groups in total. The van der Waals surface area contributed by atoms with Gasteiger partial charge in [0.15, 0.2) is 0 Å². The minimum Gasteiger partial charge on any atom is -0.362 e. The quantitative estimate of drug-likeness (QED) is 0.561. The van der Waals surface area contributed by atoms with Crippen LogP contribution in [0.1, 0.15) is 49.9 Å². The fraction of sp³-hybridized carbons (Fsp3) is 0.429. The van der Waals surface area contributed by atoms with Crippen molar-refractivity contribution in [1.82, 2.24) is 9.97 Å². The van der Waals surface area contributed by atoms with Gasteiger partial charge in [0.05, 0.1) is 6.04 Å². The number of hydrogen-bond donors (Lipinski definition) is 3. The van der Waals surface area contributed by atoms with Gasteiger partial charge in [0.2, 0.25) is 0 Å². The average molecular weight is 291 g/mol. The molecule has 0 aliphatic heterocycles. The molecule has 20 heavy (non-hydrogen) atoms. The topological polar surface area (TPSA) is 75.9 Å². The van der Waals surface area contributed by atoms with Crippen molar-refractivity contribution >= 4 is 23.0 Å². The van der Waals surface area contributed by atoms with Crippen LogP contribution in [0.4, 0.5) is 11.6 Å². The predicted molar refractivity (Wildman–Crippen MR) is 84.9 cm³/mol. The van der Waals surface area contributed by atoms with Crippen LogP contribution in [0.3, 0.4) is 0 Å². The van der Waals surface area contributed by atoms with Crippen molar-refractivity contribution in [1.29, 1.82) is 0 Å². The summed E-state index contributed by atoms with van der Waals surface area (Å²) < 4.78 is 0. The van der Waals surface area contributed by atoms with Crippen LogP contribution in [0.15, 0.2) is 23.6 Å². The van der Waals surface area contributed by atoms with E-state index < -0.39 is 0 Å². The highest BCUT2D eigenvalue weighted by Gasteiger charge is 2.13. The van der Waals surface area contributed by atoms with E-state index in [-0.39, 0.29) is 12.0 Å². The molecule has 2 heterocycles. The third kappa shape index (κ3) is 3.46. The largest absolute Gasteiger partial charge is 0.362 e. The van der Waals surface area contributed by atoms with Crippen LogP contribution in [-0.2, 0) is 0 Å². The van der Waals surface area contributed by atoms with E-state index in [0.29, 0.717) is 5.82 Å². The number of hydrogen-bond acceptors (Lipinski definition) is 6. The summed E-state index contributed by atoms with van der Waals surface area (Å²) in [6, 6.07) is 6.30. The van der Waals surface area contributed by atoms with E-state index in [1.54, 1.807) is 11.3 Å². The zero-order valence-corrected chi connectivity index (χ0v) is 12.9. The summed E-state index contributed by atoms with van der Waals surface area (Å²) in [6.45, 7) is 6.29. The first-order valence-corrected chi connectivity index (χ1v) is 7.67. The van der Waals surface area contributed by atoms with Gasteiger partial charge in [-0.2, -0.15) is 0 Å². The Morgan fingerprint density at radius 3 is 2.60 bits per heavy atom. The van der Waals surface area contributed by atoms with Crippen molar-refractivity contribution in [3.05, 3.63) is 34.3 Å². The molecule has 0 saturated carbocycles. The van der Waals surface area contributed by atoms with Crippen LogP contribution >= 0.6 is 11.3 Å². The van der Waals surface area contributed by atoms with Gasteiger partial charge in [-0.1, -0.05) is 26.8 Å². The molecule has 0 aliphatic carbocycles. The van der Waals surface area contributed by atoms with Crippen LogP contribution in [0.25, 0.3) is 0 Å². The maximum Gasteiger partial charge on any atom is 0.145 e. The Morgan fingerprint density at radius 2 is 2.05 bits per heavy atom. The number of aromatic nitrogens is 2. The van der Waals surface area contributed by atoms with Crippen LogP contribution in [-0.4, -0.2) is 9.97 Å². The van der Waals surface area contributed by atoms with Gasteiger partial charge in [-0.05, 0) is 17.9 Å². The first kappa shape index (κ1) is 14.7. The van der Waals surface area contributed by atoms with E-state index in [2.05, 4.69) is 59.0 Å². The number of hydrazine groups is 1. The lowest BCUT2D eigenvalue weighted by Gasteiger charge is -2.18. The number of anilines is 2. The maximum atomic E-state index is 5.48. The highest BCUT2D eigenvalue weighted by Crippen LogP contribution is 2.26. The number of nitrogen functional groups attached to an aromatic ring is 1. The number of nitrogens with two attached hydrogens (primary N) is 1. The highest BCUT2D eigenvalue weighted by atomic mass is 32.1. The number of thiophene rings is 1. The first-order valence-electron chi connectivity index (χ1n) is 6.79. The Balaban J connectivity index is 2.25. The van der Waals surface area contributed by atoms with E-state index in [1.807, 2.05) is 6.07 Å². The molecular formula is C14H21N5S. The van der Waals surface area contributed by atoms with Crippen LogP contribution < -0.4 is 16.6 Å². The fourth-order valence-electron chi connectivity index (χ4n) is 1.91. The molecule has 108 valence electrons. The van der Waals surface area contributed by atoms with Crippen molar-refractivity contribution in [2.45, 2.75) is 39.2 Å². The van der Waals surface area contributed by atoms with Crippen molar-refractivity contribution < 1.29 is 0 Å². The molecule has 2 aromatic heterocycles. The number of nitrogens with zero attached hydrogens (tertiary/aromatic N) is 2. The molecule has 0 aromatic carbocycles. The lowest BCUT2D eigenvalue weighted by Crippen LogP contribution is -2.15. The van der Waals surface area contributed by atoms with Crippen molar-refractivity contribution in [3.63, 3.8) is 0 Å². The monoisotopic (exact) mass is 291 g/mol. The summed E-state index contributed by atoms with van der Waals surface area (Å²) >= 11 is 1.75. The molecule has 0 saturated heterocycles. The van der Waals surface area contributed by atoms with E-state index in [9.17, 15) is 0 Å². The van der Waals surface area contributed by atoms with Gasteiger partial charge in [-0.15, -0.1) is 11.3 Å². The van der Waals surface area contributed by atoms with Gasteiger partial charge in [0, 0.05) is 16.9 Å². The van der Waals surface area contributed by atoms with Gasteiger partial charge in [0.1, 0.15) is 17.5 Å². The zero-order chi connectivity index (χ0) is 14.5. The molecule has 0 bridgehead atoms. The molecule has 6 heteroatoms. The normalized spacial score (nSPS) is 12.4. The van der Waals surface area contributed by atoms with Crippen LogP contribution in [0, 0.1) is 0 Å². The minimum atomic E-state index is 0.255. The average Bonchev–Trinajstić information content (AvgIpc) is 2.98. The van der Waals surface area contributed by atoms with E-state index >= 15 is 0 Å². The highest BCUT2D eigenvalue weighted by molar-refractivity contribution is 7.10. The third-order valence-electron chi connectivity index (χ3n) is 3.02. The summed E-state index contributed by atoms with van der Waals surface area (Å²) in [5.74, 6) is 7.95. The van der Waals surface area contributed by atoms with E-state index in [4.69, 9.17) is 5.84 Å². The van der Waals surface area contributed by atoms with Gasteiger partial charge >= 0.3 is 0 Å². The lowest BCUT2D eigenvalue weighted by atomic mass is 10.2. The number of rotatable bonds is 6. The summed E-state index contributed by atoms with van der Waals surface area (Å²) in [6.07, 6.45) is 0.993. The molecule has 0 spiro atoms. The van der Waals surface area contributed by atoms with Crippen molar-refractivity contribution in [2.75, 3.05) is 10.7 Å². The SMILES string of the molecule is CCC(Nc1cc(NN)nc(C(C)C)n1)c1cccs1. The molecule has 1 unspecified atom stereocenters. The molecule has 0 radical (unpaired) electrons. The Bertz CT molecular complexity index is 539. The Morgan fingerprint density at radius 1 is 1.30 bits per heavy atom. The van der Waals surface area contributed by atoms with Crippen LogP contribution in [0.2, 0.25) is 0 Å². The lowest BCUT2D eigenvalue weighted by molar-refractivity contribution is 0.741. The van der Waals surface area contributed by atoms with Gasteiger partial charge in [-0.25, -0.2) is 15.8 Å². The standard InChI is InChI=1S/C14H21N5S/c1-4-10(11-6-5-7-20-11)16-12-8-13(19-15)18-14(17-12)9(2)3/h5-10H,4,15H2,1-3H3,(H2,16,17,18,19). The molecular weight excluding hydrogens is 270 g/mol. The predicted octanol–water partition coefficient (Wildman–Crippen LogP) is 3.51. The van der Waals surface area contributed by atoms with Gasteiger partial charge in [0.25, 0.3) is 0 Å². The summed E-state index contributed by atoms with van der Waals surface area (Å²) in [7, 11) is 0. The zero-order valence-electron chi connectivity index (χ0n) is 12.1. The Labute approximate surface area is 123 Å². The van der Waals surface area contributed by atoms with Gasteiger partial charge < -0.3 is 10.7 Å².